The van der Waals surface area contributed by atoms with Crippen molar-refractivity contribution in [1.82, 2.24) is 0 Å². The van der Waals surface area contributed by atoms with Gasteiger partial charge in [0, 0.05) is 11.3 Å². The van der Waals surface area contributed by atoms with Gasteiger partial charge in [-0.25, -0.2) is 0 Å². The quantitative estimate of drug-likeness (QED) is 0.414. The summed E-state index contributed by atoms with van der Waals surface area (Å²) < 4.78 is 0. The highest BCUT2D eigenvalue weighted by molar-refractivity contribution is 7.80. The molecule has 1 aromatic carbocycles. The normalized spacial score (nSPS) is 17.5. The number of rotatable bonds is 7. The Hall–Kier alpha value is -0.890. The molecule has 106 valence electrons. The van der Waals surface area contributed by atoms with Gasteiger partial charge in [-0.05, 0) is 5.56 Å². The van der Waals surface area contributed by atoms with E-state index in [0.29, 0.717) is 0 Å². The molecule has 0 bridgehead atoms. The lowest BCUT2D eigenvalue weighted by Crippen LogP contribution is -2.48. The average molecular weight is 286 g/mol. The molecule has 4 atom stereocenters. The van der Waals surface area contributed by atoms with Gasteiger partial charge in [-0.3, -0.25) is 0 Å². The van der Waals surface area contributed by atoms with Crippen molar-refractivity contribution < 1.29 is 25.5 Å². The van der Waals surface area contributed by atoms with Crippen molar-refractivity contribution in [2.24, 2.45) is 0 Å². The lowest BCUT2D eigenvalue weighted by atomic mass is 9.97. The Labute approximate surface area is 116 Å². The molecule has 0 radical (unpaired) electrons. The Morgan fingerprint density at radius 1 is 1.00 bits per heavy atom. The zero-order valence-electron chi connectivity index (χ0n) is 10.3. The van der Waals surface area contributed by atoms with Crippen LogP contribution in [0.25, 0.3) is 0 Å². The van der Waals surface area contributed by atoms with Crippen LogP contribution in [-0.2, 0) is 6.42 Å². The zero-order valence-corrected chi connectivity index (χ0v) is 11.1. The first kappa shape index (κ1) is 16.2. The van der Waals surface area contributed by atoms with Crippen LogP contribution in [0, 0.1) is 0 Å². The first-order valence-corrected chi connectivity index (χ1v) is 6.28. The van der Waals surface area contributed by atoms with Crippen LogP contribution in [0.3, 0.4) is 0 Å². The molecule has 5 nitrogen and oxygen atoms in total. The molecule has 0 aliphatic carbocycles. The molecule has 0 aliphatic heterocycles. The smallest absolute Gasteiger partial charge is 0.114 e. The maximum atomic E-state index is 9.82. The fraction of sp³-hybridized carbons (Fsp3) is 0.462. The predicted molar refractivity (Wildman–Crippen MR) is 73.9 cm³/mol. The molecule has 6 heteroatoms. The Morgan fingerprint density at radius 3 is 2.11 bits per heavy atom. The minimum Gasteiger partial charge on any atom is -0.394 e. The van der Waals surface area contributed by atoms with Gasteiger partial charge in [0.25, 0.3) is 0 Å². The number of hydrogen-bond acceptors (Lipinski definition) is 6. The fourth-order valence-electron chi connectivity index (χ4n) is 1.61. The predicted octanol–water partition coefficient (Wildman–Crippen LogP) is -0.965. The molecule has 0 fully saturated rings. The molecule has 0 amide bonds. The highest BCUT2D eigenvalue weighted by atomic mass is 32.1. The molecule has 5 N–H and O–H groups in total. The molecule has 0 unspecified atom stereocenters. The van der Waals surface area contributed by atoms with Crippen LogP contribution < -0.4 is 0 Å². The van der Waals surface area contributed by atoms with Gasteiger partial charge in [0.15, 0.2) is 0 Å². The summed E-state index contributed by atoms with van der Waals surface area (Å²) >= 11 is 5.01. The van der Waals surface area contributed by atoms with E-state index >= 15 is 0 Å². The molecule has 19 heavy (non-hydrogen) atoms. The van der Waals surface area contributed by atoms with Gasteiger partial charge in [0.05, 0.1) is 6.61 Å². The Balaban J connectivity index is 2.61. The van der Waals surface area contributed by atoms with Crippen LogP contribution in [-0.4, -0.2) is 61.4 Å². The number of aliphatic hydroxyl groups is 5. The third-order valence-corrected chi connectivity index (χ3v) is 3.19. The average Bonchev–Trinajstić information content (AvgIpc) is 2.44. The van der Waals surface area contributed by atoms with Crippen molar-refractivity contribution in [3.63, 3.8) is 0 Å². The van der Waals surface area contributed by atoms with Crippen molar-refractivity contribution in [2.75, 3.05) is 6.61 Å². The van der Waals surface area contributed by atoms with Crippen molar-refractivity contribution in [2.45, 2.75) is 30.8 Å². The van der Waals surface area contributed by atoms with E-state index in [9.17, 15) is 20.4 Å². The Bertz CT molecular complexity index is 397. The molecule has 0 heterocycles. The Morgan fingerprint density at radius 2 is 1.58 bits per heavy atom. The van der Waals surface area contributed by atoms with Crippen molar-refractivity contribution in [1.29, 1.82) is 0 Å². The van der Waals surface area contributed by atoms with Crippen LogP contribution >= 0.6 is 12.2 Å². The van der Waals surface area contributed by atoms with E-state index in [1.807, 2.05) is 30.3 Å². The fourth-order valence-corrected chi connectivity index (χ4v) is 1.92. The number of thiocarbonyl (C=S) groups is 1. The van der Waals surface area contributed by atoms with Crippen LogP contribution in [0.5, 0.6) is 0 Å². The molecule has 1 aromatic rings. The lowest BCUT2D eigenvalue weighted by Gasteiger charge is -2.26. The molecule has 0 saturated heterocycles. The van der Waals surface area contributed by atoms with E-state index in [1.165, 1.54) is 0 Å². The highest BCUT2D eigenvalue weighted by Crippen LogP contribution is 2.10. The van der Waals surface area contributed by atoms with Gasteiger partial charge in [0.1, 0.15) is 24.4 Å². The van der Waals surface area contributed by atoms with Crippen LogP contribution in [0.1, 0.15) is 5.56 Å². The van der Waals surface area contributed by atoms with Crippen LogP contribution in [0.4, 0.5) is 0 Å². The monoisotopic (exact) mass is 286 g/mol. The van der Waals surface area contributed by atoms with Gasteiger partial charge in [-0.1, -0.05) is 42.5 Å². The van der Waals surface area contributed by atoms with Crippen molar-refractivity contribution in [3.8, 4) is 0 Å². The highest BCUT2D eigenvalue weighted by Gasteiger charge is 2.31. The zero-order chi connectivity index (χ0) is 14.4. The summed E-state index contributed by atoms with van der Waals surface area (Å²) in [4.78, 5) is 0.155. The molecular weight excluding hydrogens is 268 g/mol. The van der Waals surface area contributed by atoms with E-state index in [2.05, 4.69) is 0 Å². The summed E-state index contributed by atoms with van der Waals surface area (Å²) in [5.74, 6) is 0. The second-order valence-corrected chi connectivity index (χ2v) is 4.83. The van der Waals surface area contributed by atoms with Crippen LogP contribution in [0.15, 0.2) is 30.3 Å². The second-order valence-electron chi connectivity index (χ2n) is 4.30. The third kappa shape index (κ3) is 4.61. The van der Waals surface area contributed by atoms with E-state index in [-0.39, 0.29) is 11.3 Å². The maximum absolute atomic E-state index is 9.82. The minimum atomic E-state index is -1.66. The first-order valence-electron chi connectivity index (χ1n) is 5.87. The van der Waals surface area contributed by atoms with E-state index in [0.717, 1.165) is 5.56 Å². The molecule has 0 spiro atoms. The summed E-state index contributed by atoms with van der Waals surface area (Å²) in [6.45, 7) is -0.712. The number of aliphatic hydroxyl groups excluding tert-OH is 5. The van der Waals surface area contributed by atoms with Gasteiger partial charge in [0.2, 0.25) is 0 Å². The van der Waals surface area contributed by atoms with Gasteiger partial charge < -0.3 is 25.5 Å². The largest absolute Gasteiger partial charge is 0.394 e. The van der Waals surface area contributed by atoms with E-state index in [4.69, 9.17) is 17.3 Å². The lowest BCUT2D eigenvalue weighted by molar-refractivity contribution is -0.101. The van der Waals surface area contributed by atoms with Gasteiger partial charge in [-0.15, -0.1) is 0 Å². The van der Waals surface area contributed by atoms with Crippen molar-refractivity contribution >= 4 is 17.1 Å². The van der Waals surface area contributed by atoms with Crippen LogP contribution in [0.2, 0.25) is 0 Å². The molecular formula is C13H18O5S. The number of benzene rings is 1. The molecule has 0 saturated carbocycles. The summed E-state index contributed by atoms with van der Waals surface area (Å²) in [5.41, 5.74) is 0.871. The van der Waals surface area contributed by atoms with E-state index < -0.39 is 31.0 Å². The maximum Gasteiger partial charge on any atom is 0.114 e. The topological polar surface area (TPSA) is 101 Å². The molecule has 1 rings (SSSR count). The summed E-state index contributed by atoms with van der Waals surface area (Å²) in [6.07, 6.45) is -6.00. The number of hydrogen-bond donors (Lipinski definition) is 5. The summed E-state index contributed by atoms with van der Waals surface area (Å²) in [6, 6.07) is 9.14. The first-order chi connectivity index (χ1) is 8.97. The van der Waals surface area contributed by atoms with Crippen molar-refractivity contribution in [3.05, 3.63) is 35.9 Å². The van der Waals surface area contributed by atoms with Gasteiger partial charge >= 0.3 is 0 Å². The summed E-state index contributed by atoms with van der Waals surface area (Å²) in [7, 11) is 0. The Kier molecular flexibility index (Phi) is 6.50. The third-order valence-electron chi connectivity index (χ3n) is 2.81. The second kappa shape index (κ2) is 7.64. The standard InChI is InChI=1S/C13H18O5S/c14-7-9(15)11(16)13(18)12(17)10(19)6-8-4-2-1-3-5-8/h1-5,9,11-18H,6-7H2/t9-,11-,12+,13+/m1/s1. The summed E-state index contributed by atoms with van der Waals surface area (Å²) in [5, 5.41) is 46.9. The van der Waals surface area contributed by atoms with Gasteiger partial charge in [-0.2, -0.15) is 0 Å². The minimum absolute atomic E-state index is 0.155. The SMILES string of the molecule is OC[C@@H](O)[C@@H](O)[C@H](O)[C@@H](O)C(=S)Cc1ccccc1. The van der Waals surface area contributed by atoms with E-state index in [1.54, 1.807) is 0 Å². The molecule has 0 aromatic heterocycles. The molecule has 0 aliphatic rings.